The standard InChI is InChI=1S/C30H39F3O5/c1-5-6-7-8-9-13-16-24(22-19-25-28(20-22,26(34)38-25)18-17-21(2)3)37-27(35)29(36-4,30(31,32)33)23-14-11-10-12-15-23/h10-12,14-15,17,20,24-25H,5-9,13,16,18-19H2,1-4H3/t24-,25-,28+,29+/m0/s1. The van der Waals surface area contributed by atoms with Crippen LogP contribution in [0.2, 0.25) is 0 Å². The van der Waals surface area contributed by atoms with E-state index in [4.69, 9.17) is 14.2 Å². The predicted octanol–water partition coefficient (Wildman–Crippen LogP) is 7.35. The molecule has 1 aliphatic carbocycles. The van der Waals surface area contributed by atoms with Gasteiger partial charge in [-0.2, -0.15) is 13.2 Å². The Bertz CT molecular complexity index is 1030. The van der Waals surface area contributed by atoms with Gasteiger partial charge in [0.05, 0.1) is 0 Å². The first kappa shape index (κ1) is 29.9. The third-order valence-corrected chi connectivity index (χ3v) is 7.57. The summed E-state index contributed by atoms with van der Waals surface area (Å²) in [7, 11) is 0.862. The zero-order valence-electron chi connectivity index (χ0n) is 22.7. The number of hydrogen-bond acceptors (Lipinski definition) is 5. The molecule has 38 heavy (non-hydrogen) atoms. The molecule has 1 saturated heterocycles. The van der Waals surface area contributed by atoms with E-state index in [9.17, 15) is 22.8 Å². The number of allylic oxidation sites excluding steroid dienone is 2. The largest absolute Gasteiger partial charge is 0.460 e. The minimum absolute atomic E-state index is 0.327. The van der Waals surface area contributed by atoms with Crippen LogP contribution in [-0.4, -0.2) is 37.4 Å². The average molecular weight is 537 g/mol. The molecule has 1 aromatic rings. The maximum absolute atomic E-state index is 14.5. The zero-order valence-corrected chi connectivity index (χ0v) is 22.7. The number of benzene rings is 1. The van der Waals surface area contributed by atoms with Crippen molar-refractivity contribution in [1.82, 2.24) is 0 Å². The molecular formula is C30H39F3O5. The molecule has 1 fully saturated rings. The van der Waals surface area contributed by atoms with E-state index >= 15 is 0 Å². The lowest BCUT2D eigenvalue weighted by Gasteiger charge is -2.41. The first-order chi connectivity index (χ1) is 18.0. The van der Waals surface area contributed by atoms with Gasteiger partial charge in [-0.15, -0.1) is 0 Å². The first-order valence-corrected chi connectivity index (χ1v) is 13.5. The molecule has 0 saturated carbocycles. The quantitative estimate of drug-likeness (QED) is 0.141. The van der Waals surface area contributed by atoms with Crippen molar-refractivity contribution in [2.24, 2.45) is 5.41 Å². The van der Waals surface area contributed by atoms with Crippen LogP contribution in [0.25, 0.3) is 0 Å². The molecule has 3 rings (SSSR count). The molecule has 1 heterocycles. The average Bonchev–Trinajstić information content (AvgIpc) is 3.17. The molecule has 1 aliphatic heterocycles. The van der Waals surface area contributed by atoms with Crippen molar-refractivity contribution < 1.29 is 37.0 Å². The molecule has 0 unspecified atom stereocenters. The van der Waals surface area contributed by atoms with Crippen LogP contribution in [0.3, 0.4) is 0 Å². The number of methoxy groups -OCH3 is 1. The lowest BCUT2D eigenvalue weighted by atomic mass is 9.77. The molecule has 8 heteroatoms. The Morgan fingerprint density at radius 2 is 1.79 bits per heavy atom. The Kier molecular flexibility index (Phi) is 9.85. The predicted molar refractivity (Wildman–Crippen MR) is 138 cm³/mol. The van der Waals surface area contributed by atoms with Crippen LogP contribution in [0.1, 0.15) is 84.1 Å². The number of carbonyl (C=O) groups excluding carboxylic acids is 2. The third-order valence-electron chi connectivity index (χ3n) is 7.57. The number of carbonyl (C=O) groups is 2. The molecule has 0 spiro atoms. The van der Waals surface area contributed by atoms with Crippen LogP contribution in [0.15, 0.2) is 53.6 Å². The number of rotatable bonds is 14. The molecule has 5 nitrogen and oxygen atoms in total. The van der Waals surface area contributed by atoms with Crippen LogP contribution in [-0.2, 0) is 29.4 Å². The summed E-state index contributed by atoms with van der Waals surface area (Å²) in [4.78, 5) is 26.0. The van der Waals surface area contributed by atoms with Crippen molar-refractivity contribution in [3.8, 4) is 0 Å². The summed E-state index contributed by atoms with van der Waals surface area (Å²) in [5, 5.41) is 0. The van der Waals surface area contributed by atoms with Gasteiger partial charge in [-0.1, -0.05) is 87.1 Å². The maximum Gasteiger partial charge on any atom is 0.432 e. The van der Waals surface area contributed by atoms with Crippen LogP contribution >= 0.6 is 0 Å². The first-order valence-electron chi connectivity index (χ1n) is 13.5. The molecule has 2 aliphatic rings. The Hall–Kier alpha value is -2.61. The second-order valence-electron chi connectivity index (χ2n) is 10.5. The van der Waals surface area contributed by atoms with Crippen molar-refractivity contribution in [1.29, 1.82) is 0 Å². The highest BCUT2D eigenvalue weighted by atomic mass is 19.4. The highest BCUT2D eigenvalue weighted by Crippen LogP contribution is 2.52. The van der Waals surface area contributed by atoms with Gasteiger partial charge < -0.3 is 14.2 Å². The number of fused-ring (bicyclic) bond motifs is 1. The number of ether oxygens (including phenoxy) is 3. The number of unbranched alkanes of at least 4 members (excludes halogenated alkanes) is 5. The fourth-order valence-corrected chi connectivity index (χ4v) is 5.30. The van der Waals surface area contributed by atoms with Gasteiger partial charge in [-0.05, 0) is 38.7 Å². The monoisotopic (exact) mass is 536 g/mol. The lowest BCUT2D eigenvalue weighted by molar-refractivity contribution is -0.277. The Balaban J connectivity index is 1.91. The minimum atomic E-state index is -5.06. The fraction of sp³-hybridized carbons (Fsp3) is 0.600. The molecule has 0 radical (unpaired) electrons. The highest BCUT2D eigenvalue weighted by molar-refractivity contribution is 5.87. The second kappa shape index (κ2) is 12.5. The van der Waals surface area contributed by atoms with Crippen LogP contribution in [0.5, 0.6) is 0 Å². The van der Waals surface area contributed by atoms with E-state index in [0.29, 0.717) is 31.3 Å². The van der Waals surface area contributed by atoms with Crippen LogP contribution in [0.4, 0.5) is 13.2 Å². The van der Waals surface area contributed by atoms with Gasteiger partial charge in [-0.25, -0.2) is 4.79 Å². The van der Waals surface area contributed by atoms with Crippen LogP contribution < -0.4 is 0 Å². The number of esters is 2. The van der Waals surface area contributed by atoms with Gasteiger partial charge >= 0.3 is 18.1 Å². The summed E-state index contributed by atoms with van der Waals surface area (Å²) < 4.78 is 59.5. The Morgan fingerprint density at radius 1 is 1.13 bits per heavy atom. The van der Waals surface area contributed by atoms with Crippen molar-refractivity contribution in [2.75, 3.05) is 7.11 Å². The second-order valence-corrected chi connectivity index (χ2v) is 10.5. The molecule has 4 atom stereocenters. The van der Waals surface area contributed by atoms with E-state index in [1.807, 2.05) is 19.9 Å². The smallest absolute Gasteiger partial charge is 0.432 e. The van der Waals surface area contributed by atoms with Gasteiger partial charge in [0, 0.05) is 19.1 Å². The van der Waals surface area contributed by atoms with Gasteiger partial charge in [0.2, 0.25) is 0 Å². The van der Waals surface area contributed by atoms with Crippen molar-refractivity contribution in [2.45, 2.75) is 103 Å². The number of alkyl halides is 3. The van der Waals surface area contributed by atoms with Crippen LogP contribution in [0, 0.1) is 5.41 Å². The highest BCUT2D eigenvalue weighted by Gasteiger charge is 2.65. The summed E-state index contributed by atoms with van der Waals surface area (Å²) in [6.45, 7) is 5.99. The molecule has 0 N–H and O–H groups in total. The summed E-state index contributed by atoms with van der Waals surface area (Å²) in [6.07, 6.45) is 4.33. The number of hydrogen-bond donors (Lipinski definition) is 0. The van der Waals surface area contributed by atoms with E-state index in [2.05, 4.69) is 6.92 Å². The summed E-state index contributed by atoms with van der Waals surface area (Å²) in [6, 6.07) is 6.81. The lowest BCUT2D eigenvalue weighted by Crippen LogP contribution is -2.52. The molecule has 0 amide bonds. The van der Waals surface area contributed by atoms with Crippen molar-refractivity contribution in [3.05, 3.63) is 59.2 Å². The fourth-order valence-electron chi connectivity index (χ4n) is 5.30. The Labute approximate surface area is 223 Å². The Morgan fingerprint density at radius 3 is 2.37 bits per heavy atom. The summed E-state index contributed by atoms with van der Waals surface area (Å²) in [5.41, 5.74) is -2.80. The molecule has 1 aromatic carbocycles. The van der Waals surface area contributed by atoms with Gasteiger partial charge in [0.15, 0.2) is 0 Å². The molecule has 0 bridgehead atoms. The van der Waals surface area contributed by atoms with E-state index < -0.39 is 35.4 Å². The number of halogens is 3. The summed E-state index contributed by atoms with van der Waals surface area (Å²) >= 11 is 0. The third kappa shape index (κ3) is 6.00. The van der Waals surface area contributed by atoms with Gasteiger partial charge in [-0.3, -0.25) is 4.79 Å². The van der Waals surface area contributed by atoms with Gasteiger partial charge in [0.25, 0.3) is 5.60 Å². The van der Waals surface area contributed by atoms with Crippen molar-refractivity contribution >= 4 is 11.9 Å². The molecule has 0 aromatic heterocycles. The molecular weight excluding hydrogens is 497 g/mol. The van der Waals surface area contributed by atoms with Crippen molar-refractivity contribution in [3.63, 3.8) is 0 Å². The van der Waals surface area contributed by atoms with E-state index in [1.165, 1.54) is 24.3 Å². The summed E-state index contributed by atoms with van der Waals surface area (Å²) in [5.74, 6) is -1.87. The van der Waals surface area contributed by atoms with E-state index in [1.54, 1.807) is 12.1 Å². The topological polar surface area (TPSA) is 61.8 Å². The van der Waals surface area contributed by atoms with E-state index in [-0.39, 0.29) is 11.5 Å². The normalized spacial score (nSPS) is 22.9. The minimum Gasteiger partial charge on any atom is -0.460 e. The van der Waals surface area contributed by atoms with Gasteiger partial charge in [0.1, 0.15) is 17.6 Å². The SMILES string of the molecule is CCCCCCCC[C@H](OC(=O)[C@](OC)(c1ccccc1)C(F)(F)F)C1=C[C@@]2(CC=C(C)C)C(=O)O[C@H]2C1. The zero-order chi connectivity index (χ0) is 28.0. The maximum atomic E-state index is 14.5. The van der Waals surface area contributed by atoms with E-state index in [0.717, 1.165) is 44.8 Å². The molecule has 210 valence electrons.